The molecule has 2 rings (SSSR count). The van der Waals surface area contributed by atoms with E-state index in [4.69, 9.17) is 4.52 Å². The van der Waals surface area contributed by atoms with Crippen LogP contribution in [0.2, 0.25) is 0 Å². The normalized spacial score (nSPS) is 11.8. The minimum atomic E-state index is -0.595. The van der Waals surface area contributed by atoms with Crippen LogP contribution < -0.4 is 10.6 Å². The fourth-order valence-electron chi connectivity index (χ4n) is 2.05. The SMILES string of the molecule is CCNC(=O)[C@@H](CC)NC(=O)c1cc(-c2cccc(Br)c2)no1. The molecule has 2 N–H and O–H groups in total. The van der Waals surface area contributed by atoms with Crippen LogP contribution >= 0.6 is 15.9 Å². The van der Waals surface area contributed by atoms with Gasteiger partial charge < -0.3 is 15.2 Å². The molecule has 1 atom stereocenters. The lowest BCUT2D eigenvalue weighted by Crippen LogP contribution is -2.46. The van der Waals surface area contributed by atoms with Gasteiger partial charge in [0.05, 0.1) is 0 Å². The predicted octanol–water partition coefficient (Wildman–Crippen LogP) is 2.75. The fourth-order valence-corrected chi connectivity index (χ4v) is 2.45. The minimum absolute atomic E-state index is 0.0720. The Kier molecular flexibility index (Phi) is 5.92. The lowest BCUT2D eigenvalue weighted by Gasteiger charge is -2.14. The summed E-state index contributed by atoms with van der Waals surface area (Å²) in [5, 5.41) is 9.24. The molecule has 7 heteroatoms. The molecule has 0 aliphatic rings. The van der Waals surface area contributed by atoms with Crippen molar-refractivity contribution >= 4 is 27.7 Å². The van der Waals surface area contributed by atoms with Gasteiger partial charge in [0.2, 0.25) is 11.7 Å². The topological polar surface area (TPSA) is 84.2 Å². The molecule has 0 aliphatic heterocycles. The highest BCUT2D eigenvalue weighted by atomic mass is 79.9. The van der Waals surface area contributed by atoms with Gasteiger partial charge in [-0.3, -0.25) is 9.59 Å². The number of nitrogens with one attached hydrogen (secondary N) is 2. The number of aromatic nitrogens is 1. The molecule has 6 nitrogen and oxygen atoms in total. The van der Waals surface area contributed by atoms with Crippen LogP contribution in [0.1, 0.15) is 30.8 Å². The summed E-state index contributed by atoms with van der Waals surface area (Å²) in [6, 6.07) is 8.48. The highest BCUT2D eigenvalue weighted by molar-refractivity contribution is 9.10. The zero-order valence-corrected chi connectivity index (χ0v) is 14.5. The third-order valence-electron chi connectivity index (χ3n) is 3.24. The Bertz CT molecular complexity index is 699. The van der Waals surface area contributed by atoms with Gasteiger partial charge in [-0.2, -0.15) is 0 Å². The molecule has 0 aliphatic carbocycles. The zero-order chi connectivity index (χ0) is 16.8. The van der Waals surface area contributed by atoms with E-state index in [-0.39, 0.29) is 11.7 Å². The highest BCUT2D eigenvalue weighted by Gasteiger charge is 2.21. The third kappa shape index (κ3) is 4.41. The van der Waals surface area contributed by atoms with Crippen molar-refractivity contribution in [1.29, 1.82) is 0 Å². The van der Waals surface area contributed by atoms with Crippen molar-refractivity contribution in [1.82, 2.24) is 15.8 Å². The molecule has 0 spiro atoms. The molecule has 0 saturated heterocycles. The first-order chi connectivity index (χ1) is 11.0. The van der Waals surface area contributed by atoms with E-state index in [1.54, 1.807) is 6.07 Å². The van der Waals surface area contributed by atoms with Gasteiger partial charge in [0.25, 0.3) is 5.91 Å². The number of nitrogens with zero attached hydrogens (tertiary/aromatic N) is 1. The number of carbonyl (C=O) groups excluding carboxylic acids is 2. The molecular formula is C16H18BrN3O3. The van der Waals surface area contributed by atoms with Gasteiger partial charge in [0, 0.05) is 22.6 Å². The van der Waals surface area contributed by atoms with Gasteiger partial charge in [-0.25, -0.2) is 0 Å². The van der Waals surface area contributed by atoms with E-state index in [0.717, 1.165) is 10.0 Å². The van der Waals surface area contributed by atoms with Crippen LogP contribution in [0.3, 0.4) is 0 Å². The van der Waals surface area contributed by atoms with Gasteiger partial charge in [-0.1, -0.05) is 40.1 Å². The van der Waals surface area contributed by atoms with Crippen molar-refractivity contribution in [3.63, 3.8) is 0 Å². The van der Waals surface area contributed by atoms with Crippen LogP contribution in [0.4, 0.5) is 0 Å². The molecule has 1 aromatic heterocycles. The van der Waals surface area contributed by atoms with E-state index in [1.165, 1.54) is 0 Å². The molecule has 0 saturated carbocycles. The summed E-state index contributed by atoms with van der Waals surface area (Å²) >= 11 is 3.39. The monoisotopic (exact) mass is 379 g/mol. The highest BCUT2D eigenvalue weighted by Crippen LogP contribution is 2.22. The van der Waals surface area contributed by atoms with Crippen molar-refractivity contribution in [3.05, 3.63) is 40.6 Å². The number of amides is 2. The molecule has 0 unspecified atom stereocenters. The number of hydrogen-bond donors (Lipinski definition) is 2. The average molecular weight is 380 g/mol. The standard InChI is InChI=1S/C16H18BrN3O3/c1-3-12(15(21)18-4-2)19-16(22)14-9-13(20-23-14)10-6-5-7-11(17)8-10/h5-9,12H,3-4H2,1-2H3,(H,18,21)(H,19,22)/t12-/m1/s1. The first-order valence-corrected chi connectivity index (χ1v) is 8.15. The Morgan fingerprint density at radius 1 is 1.30 bits per heavy atom. The second-order valence-corrected chi connectivity index (χ2v) is 5.83. The van der Waals surface area contributed by atoms with Gasteiger partial charge >= 0.3 is 0 Å². The predicted molar refractivity (Wildman–Crippen MR) is 89.9 cm³/mol. The van der Waals surface area contributed by atoms with Crippen LogP contribution in [-0.4, -0.2) is 29.6 Å². The second kappa shape index (κ2) is 7.92. The minimum Gasteiger partial charge on any atom is -0.355 e. The van der Waals surface area contributed by atoms with Crippen LogP contribution in [0.15, 0.2) is 39.3 Å². The number of benzene rings is 1. The molecule has 1 aromatic carbocycles. The fraction of sp³-hybridized carbons (Fsp3) is 0.312. The number of likely N-dealkylation sites (N-methyl/N-ethyl adjacent to an activating group) is 1. The van der Waals surface area contributed by atoms with E-state index < -0.39 is 11.9 Å². The van der Waals surface area contributed by atoms with Gasteiger partial charge in [0.1, 0.15) is 11.7 Å². The molecule has 0 fully saturated rings. The van der Waals surface area contributed by atoms with Crippen molar-refractivity contribution in [2.45, 2.75) is 26.3 Å². The second-order valence-electron chi connectivity index (χ2n) is 4.92. The maximum absolute atomic E-state index is 12.2. The van der Waals surface area contributed by atoms with Crippen molar-refractivity contribution in [2.75, 3.05) is 6.54 Å². The lowest BCUT2D eigenvalue weighted by molar-refractivity contribution is -0.122. The molecule has 2 aromatic rings. The number of halogens is 1. The molecule has 0 radical (unpaired) electrons. The summed E-state index contributed by atoms with van der Waals surface area (Å²) < 4.78 is 6.01. The Hall–Kier alpha value is -2.15. The first kappa shape index (κ1) is 17.2. The van der Waals surface area contributed by atoms with E-state index in [9.17, 15) is 9.59 Å². The Labute approximate surface area is 142 Å². The molecule has 23 heavy (non-hydrogen) atoms. The van der Waals surface area contributed by atoms with Crippen LogP contribution in [0.5, 0.6) is 0 Å². The summed E-state index contributed by atoms with van der Waals surface area (Å²) in [5.41, 5.74) is 1.39. The number of hydrogen-bond acceptors (Lipinski definition) is 4. The number of carbonyl (C=O) groups is 2. The van der Waals surface area contributed by atoms with Gasteiger partial charge in [-0.05, 0) is 25.5 Å². The summed E-state index contributed by atoms with van der Waals surface area (Å²) in [4.78, 5) is 24.0. The summed E-state index contributed by atoms with van der Waals surface area (Å²) in [6.45, 7) is 4.17. The van der Waals surface area contributed by atoms with E-state index >= 15 is 0 Å². The molecule has 1 heterocycles. The summed E-state index contributed by atoms with van der Waals surface area (Å²) in [5.74, 6) is -0.602. The van der Waals surface area contributed by atoms with Crippen LogP contribution in [0.25, 0.3) is 11.3 Å². The number of rotatable bonds is 6. The lowest BCUT2D eigenvalue weighted by atomic mass is 10.1. The van der Waals surface area contributed by atoms with Crippen LogP contribution in [0, 0.1) is 0 Å². The molecular weight excluding hydrogens is 362 g/mol. The summed E-state index contributed by atoms with van der Waals surface area (Å²) in [6.07, 6.45) is 0.490. The Morgan fingerprint density at radius 3 is 2.74 bits per heavy atom. The van der Waals surface area contributed by atoms with E-state index in [0.29, 0.717) is 18.7 Å². The smallest absolute Gasteiger partial charge is 0.290 e. The maximum Gasteiger partial charge on any atom is 0.290 e. The van der Waals surface area contributed by atoms with Gasteiger partial charge in [0.15, 0.2) is 0 Å². The summed E-state index contributed by atoms with van der Waals surface area (Å²) in [7, 11) is 0. The third-order valence-corrected chi connectivity index (χ3v) is 3.73. The van der Waals surface area contributed by atoms with Crippen molar-refractivity contribution < 1.29 is 14.1 Å². The quantitative estimate of drug-likeness (QED) is 0.807. The molecule has 0 bridgehead atoms. The first-order valence-electron chi connectivity index (χ1n) is 7.36. The molecule has 122 valence electrons. The zero-order valence-electron chi connectivity index (χ0n) is 12.9. The Balaban J connectivity index is 2.10. The van der Waals surface area contributed by atoms with Crippen molar-refractivity contribution in [2.24, 2.45) is 0 Å². The van der Waals surface area contributed by atoms with Crippen LogP contribution in [-0.2, 0) is 4.79 Å². The van der Waals surface area contributed by atoms with Crippen molar-refractivity contribution in [3.8, 4) is 11.3 Å². The maximum atomic E-state index is 12.2. The molecule has 2 amide bonds. The average Bonchev–Trinajstić information content (AvgIpc) is 3.02. The largest absolute Gasteiger partial charge is 0.355 e. The van der Waals surface area contributed by atoms with E-state index in [2.05, 4.69) is 31.7 Å². The van der Waals surface area contributed by atoms with E-state index in [1.807, 2.05) is 38.1 Å². The Morgan fingerprint density at radius 2 is 2.09 bits per heavy atom. The van der Waals surface area contributed by atoms with Gasteiger partial charge in [-0.15, -0.1) is 0 Å².